The largest absolute Gasteiger partial charge is 0.398 e. The summed E-state index contributed by atoms with van der Waals surface area (Å²) in [6.45, 7) is 2.04. The maximum Gasteiger partial charge on any atom is 0.252 e. The number of allylic oxidation sites excluding steroid dienone is 3. The highest BCUT2D eigenvalue weighted by atomic mass is 15.2. The molecule has 5 fully saturated rings. The number of nitrogens with zero attached hydrogens (tertiary/aromatic N) is 4. The van der Waals surface area contributed by atoms with Gasteiger partial charge in [-0.15, -0.1) is 0 Å². The van der Waals surface area contributed by atoms with Crippen molar-refractivity contribution < 1.29 is 0 Å². The Kier molecular flexibility index (Phi) is 9.02. The van der Waals surface area contributed by atoms with E-state index in [1.807, 2.05) is 12.3 Å². The summed E-state index contributed by atoms with van der Waals surface area (Å²) in [4.78, 5) is 12.6. The highest BCUT2D eigenvalue weighted by Crippen LogP contribution is 2.83. The van der Waals surface area contributed by atoms with Crippen LogP contribution in [0.3, 0.4) is 0 Å². The summed E-state index contributed by atoms with van der Waals surface area (Å²) in [5, 5.41) is 0. The molecule has 354 valence electrons. The summed E-state index contributed by atoms with van der Waals surface area (Å²) >= 11 is 0. The third-order valence-corrected chi connectivity index (χ3v) is 18.8. The fraction of sp³-hybridized carbons (Fsp3) is 0.162. The lowest BCUT2D eigenvalue weighted by atomic mass is 9.33. The molecule has 8 aromatic carbocycles. The molecule has 74 heavy (non-hydrogen) atoms. The maximum absolute atomic E-state index is 7.85. The Labute approximate surface area is 434 Å². The topological polar surface area (TPSA) is 48.6 Å². The van der Waals surface area contributed by atoms with E-state index in [9.17, 15) is 0 Å². The van der Waals surface area contributed by atoms with E-state index in [4.69, 9.17) is 10.7 Å². The van der Waals surface area contributed by atoms with Gasteiger partial charge >= 0.3 is 0 Å². The molecule has 2 aliphatic heterocycles. The summed E-state index contributed by atoms with van der Waals surface area (Å²) in [6, 6.07) is 74.4. The molecule has 7 unspecified atom stereocenters. The number of hydrogen-bond acceptors (Lipinski definition) is 5. The van der Waals surface area contributed by atoms with Gasteiger partial charge in [0, 0.05) is 62.6 Å². The first kappa shape index (κ1) is 42.2. The second-order valence-corrected chi connectivity index (χ2v) is 21.9. The van der Waals surface area contributed by atoms with Crippen molar-refractivity contribution in [2.45, 2.75) is 31.6 Å². The number of para-hydroxylation sites is 5. The highest BCUT2D eigenvalue weighted by molar-refractivity contribution is 7.00. The molecule has 6 heteroatoms. The van der Waals surface area contributed by atoms with Gasteiger partial charge in [-0.25, -0.2) is 0 Å². The SMILES string of the molecule is C/C=C\C=C(/N)c1c(N2c3ccccc3B3c4ccccc4N(c4ccccc4-c4ccccn4)c4cc(N(c5ccccc5)c5ccccc5)cc2c43)ccc2c1C1(c3ccccc3-2)C2CC3CC4CC(C32)C41. The van der Waals surface area contributed by atoms with E-state index in [1.165, 1.54) is 63.6 Å². The highest BCUT2D eigenvalue weighted by Gasteiger charge is 2.77. The van der Waals surface area contributed by atoms with Gasteiger partial charge in [0.05, 0.1) is 22.8 Å². The molecule has 5 nitrogen and oxygen atoms in total. The van der Waals surface area contributed by atoms with Crippen LogP contribution in [-0.2, 0) is 5.41 Å². The van der Waals surface area contributed by atoms with E-state index in [-0.39, 0.29) is 12.1 Å². The molecule has 8 aliphatic rings. The minimum Gasteiger partial charge on any atom is -0.398 e. The Morgan fingerprint density at radius 1 is 0.581 bits per heavy atom. The van der Waals surface area contributed by atoms with Gasteiger partial charge < -0.3 is 20.4 Å². The van der Waals surface area contributed by atoms with E-state index < -0.39 is 0 Å². The molecule has 5 saturated carbocycles. The van der Waals surface area contributed by atoms with Gasteiger partial charge in [-0.2, -0.15) is 0 Å². The fourth-order valence-corrected chi connectivity index (χ4v) is 16.4. The number of hydrogen-bond donors (Lipinski definition) is 1. The Hall–Kier alpha value is -8.35. The molecule has 0 amide bonds. The third kappa shape index (κ3) is 5.53. The van der Waals surface area contributed by atoms with Gasteiger partial charge in [-0.05, 0) is 179 Å². The normalized spacial score (nSPS) is 23.6. The lowest BCUT2D eigenvalue weighted by Crippen LogP contribution is -2.61. The first-order valence-electron chi connectivity index (χ1n) is 26.9. The van der Waals surface area contributed by atoms with Crippen LogP contribution in [0.15, 0.2) is 225 Å². The van der Waals surface area contributed by atoms with Crippen LogP contribution in [0.1, 0.15) is 42.9 Å². The zero-order chi connectivity index (χ0) is 48.8. The number of aromatic nitrogens is 1. The van der Waals surface area contributed by atoms with Gasteiger partial charge in [0.15, 0.2) is 0 Å². The van der Waals surface area contributed by atoms with Gasteiger partial charge in [0.2, 0.25) is 0 Å². The lowest BCUT2D eigenvalue weighted by molar-refractivity contribution is -0.0740. The summed E-state index contributed by atoms with van der Waals surface area (Å²) in [7, 11) is 0. The Morgan fingerprint density at radius 2 is 1.20 bits per heavy atom. The number of benzene rings is 8. The molecule has 17 rings (SSSR count). The van der Waals surface area contributed by atoms with Gasteiger partial charge in [-0.1, -0.05) is 140 Å². The Morgan fingerprint density at radius 3 is 1.88 bits per heavy atom. The van der Waals surface area contributed by atoms with Crippen LogP contribution >= 0.6 is 0 Å². The van der Waals surface area contributed by atoms with Crippen molar-refractivity contribution in [3.63, 3.8) is 0 Å². The average Bonchev–Trinajstić information content (AvgIpc) is 3.97. The molecule has 1 aromatic heterocycles. The van der Waals surface area contributed by atoms with Crippen LogP contribution in [0.2, 0.25) is 0 Å². The van der Waals surface area contributed by atoms with E-state index >= 15 is 0 Å². The molecule has 1 spiro atoms. The van der Waals surface area contributed by atoms with Crippen molar-refractivity contribution in [1.29, 1.82) is 0 Å². The van der Waals surface area contributed by atoms with Crippen molar-refractivity contribution in [1.82, 2.24) is 4.98 Å². The minimum absolute atomic E-state index is 0.0599. The van der Waals surface area contributed by atoms with Gasteiger partial charge in [-0.3, -0.25) is 4.98 Å². The number of rotatable bonds is 8. The zero-order valence-corrected chi connectivity index (χ0v) is 41.4. The lowest BCUT2D eigenvalue weighted by Gasteiger charge is -2.56. The average molecular weight is 952 g/mol. The minimum atomic E-state index is -0.0850. The number of fused-ring (bicyclic) bond motifs is 10. The van der Waals surface area contributed by atoms with Crippen molar-refractivity contribution in [3.05, 3.63) is 241 Å². The molecule has 3 heterocycles. The van der Waals surface area contributed by atoms with Crippen molar-refractivity contribution in [2.24, 2.45) is 41.2 Å². The van der Waals surface area contributed by atoms with Gasteiger partial charge in [0.25, 0.3) is 6.71 Å². The molecule has 0 saturated heterocycles. The van der Waals surface area contributed by atoms with Crippen molar-refractivity contribution >= 4 is 80.0 Å². The molecule has 9 aromatic rings. The van der Waals surface area contributed by atoms with Crippen LogP contribution < -0.4 is 36.8 Å². The van der Waals surface area contributed by atoms with Crippen LogP contribution in [0, 0.1) is 35.5 Å². The Balaban J connectivity index is 1.04. The van der Waals surface area contributed by atoms with E-state index in [2.05, 4.69) is 234 Å². The summed E-state index contributed by atoms with van der Waals surface area (Å²) < 4.78 is 0. The molecular weight excluding hydrogens is 898 g/mol. The smallest absolute Gasteiger partial charge is 0.252 e. The molecule has 7 atom stereocenters. The maximum atomic E-state index is 7.85. The predicted molar refractivity (Wildman–Crippen MR) is 306 cm³/mol. The first-order chi connectivity index (χ1) is 36.6. The molecule has 4 bridgehead atoms. The van der Waals surface area contributed by atoms with E-state index in [0.717, 1.165) is 86.1 Å². The summed E-state index contributed by atoms with van der Waals surface area (Å²) in [6.07, 6.45) is 12.4. The summed E-state index contributed by atoms with van der Waals surface area (Å²) in [5.41, 5.74) is 31.5. The zero-order valence-electron chi connectivity index (χ0n) is 41.4. The quantitative estimate of drug-likeness (QED) is 0.121. The van der Waals surface area contributed by atoms with Crippen molar-refractivity contribution in [3.8, 4) is 22.4 Å². The van der Waals surface area contributed by atoms with Crippen LogP contribution in [-0.4, -0.2) is 11.7 Å². The second kappa shape index (κ2) is 15.8. The van der Waals surface area contributed by atoms with Crippen LogP contribution in [0.25, 0.3) is 28.1 Å². The van der Waals surface area contributed by atoms with E-state index in [0.29, 0.717) is 11.8 Å². The number of nitrogens with two attached hydrogens (primary N) is 1. The monoisotopic (exact) mass is 951 g/mol. The van der Waals surface area contributed by atoms with Crippen LogP contribution in [0.4, 0.5) is 51.2 Å². The molecule has 0 radical (unpaired) electrons. The predicted octanol–water partition coefficient (Wildman–Crippen LogP) is 14.4. The molecule has 2 N–H and O–H groups in total. The number of pyridine rings is 1. The van der Waals surface area contributed by atoms with Crippen LogP contribution in [0.5, 0.6) is 0 Å². The number of anilines is 9. The van der Waals surface area contributed by atoms with E-state index in [1.54, 1.807) is 5.56 Å². The third-order valence-electron chi connectivity index (χ3n) is 18.8. The second-order valence-electron chi connectivity index (χ2n) is 21.9. The van der Waals surface area contributed by atoms with Gasteiger partial charge in [0.1, 0.15) is 0 Å². The molecular formula is C68H54BN5. The summed E-state index contributed by atoms with van der Waals surface area (Å²) in [5.74, 6) is 4.45. The van der Waals surface area contributed by atoms with Crippen molar-refractivity contribution in [2.75, 3.05) is 14.7 Å². The first-order valence-corrected chi connectivity index (χ1v) is 26.9. The Bertz CT molecular complexity index is 3790. The fourth-order valence-electron chi connectivity index (χ4n) is 16.4. The standard InChI is InChI=1S/C68H54BN5/c1-2-3-29-55(70)64-60(35-34-48-47-24-10-12-26-51(47)68(66(48)64)52-39-42-37-43-38-50(63(42)52)65(43)68)74-59-33-17-14-28-54(59)69-53-27-13-16-32-58(53)73(57-31-15-11-25-49(57)56-30-18-19-36-71-56)61-40-46(41-62(74)67(61)69)72(44-20-6-4-7-21-44)45-22-8-5-9-23-45/h2-36,40-43,50,52,63,65H,37-39,70H2,1H3/b3-2-,55-29-. The molecule has 6 aliphatic carbocycles.